The van der Waals surface area contributed by atoms with Gasteiger partial charge in [0.15, 0.2) is 0 Å². The molecular formula is C13H16O4. The van der Waals surface area contributed by atoms with Crippen molar-refractivity contribution in [1.82, 2.24) is 0 Å². The number of carbonyl (C=O) groups is 1. The smallest absolute Gasteiger partial charge is 0.371 e. The van der Waals surface area contributed by atoms with Crippen LogP contribution in [-0.4, -0.2) is 17.7 Å². The van der Waals surface area contributed by atoms with Crippen LogP contribution in [0, 0.1) is 11.8 Å². The van der Waals surface area contributed by atoms with Crippen molar-refractivity contribution in [2.24, 2.45) is 11.8 Å². The van der Waals surface area contributed by atoms with Gasteiger partial charge in [0.1, 0.15) is 0 Å². The van der Waals surface area contributed by atoms with Gasteiger partial charge in [-0.2, -0.15) is 0 Å². The Morgan fingerprint density at radius 2 is 2.24 bits per heavy atom. The molecule has 1 heterocycles. The van der Waals surface area contributed by atoms with Gasteiger partial charge in [-0.25, -0.2) is 4.79 Å². The van der Waals surface area contributed by atoms with Crippen molar-refractivity contribution in [2.45, 2.75) is 19.8 Å². The maximum atomic E-state index is 10.6. The first-order valence-electron chi connectivity index (χ1n) is 5.77. The molecule has 2 unspecified atom stereocenters. The lowest BCUT2D eigenvalue weighted by Crippen LogP contribution is -2.20. The summed E-state index contributed by atoms with van der Waals surface area (Å²) in [4.78, 5) is 10.6. The highest BCUT2D eigenvalue weighted by Crippen LogP contribution is 2.26. The van der Waals surface area contributed by atoms with Crippen LogP contribution in [0.5, 0.6) is 5.95 Å². The molecule has 4 heteroatoms. The number of rotatable bonds is 4. The summed E-state index contributed by atoms with van der Waals surface area (Å²) in [5.41, 5.74) is 0. The molecule has 1 aliphatic carbocycles. The first kappa shape index (κ1) is 11.8. The molecular weight excluding hydrogens is 220 g/mol. The Bertz CT molecular complexity index is 419. The molecule has 0 aromatic carbocycles. The zero-order chi connectivity index (χ0) is 12.3. The van der Waals surface area contributed by atoms with Gasteiger partial charge in [0.2, 0.25) is 5.76 Å². The normalized spacial score (nSPS) is 23.6. The van der Waals surface area contributed by atoms with E-state index in [1.807, 2.05) is 0 Å². The molecule has 0 fully saturated rings. The van der Waals surface area contributed by atoms with Crippen molar-refractivity contribution in [2.75, 3.05) is 6.61 Å². The van der Waals surface area contributed by atoms with Crippen LogP contribution in [0.3, 0.4) is 0 Å². The van der Waals surface area contributed by atoms with Crippen molar-refractivity contribution < 1.29 is 19.1 Å². The summed E-state index contributed by atoms with van der Waals surface area (Å²) in [6.07, 6.45) is 6.44. The molecule has 2 rings (SSSR count). The van der Waals surface area contributed by atoms with Crippen LogP contribution in [0.2, 0.25) is 0 Å². The van der Waals surface area contributed by atoms with E-state index in [4.69, 9.17) is 14.3 Å². The zero-order valence-corrected chi connectivity index (χ0v) is 9.76. The van der Waals surface area contributed by atoms with E-state index in [1.54, 1.807) is 6.07 Å². The number of furan rings is 1. The monoisotopic (exact) mass is 236 g/mol. The summed E-state index contributed by atoms with van der Waals surface area (Å²) in [7, 11) is 0. The van der Waals surface area contributed by atoms with E-state index in [0.29, 0.717) is 18.4 Å². The summed E-state index contributed by atoms with van der Waals surface area (Å²) in [5.74, 6) is 0.182. The number of carboxylic acid groups (broad SMARTS) is 1. The third kappa shape index (κ3) is 2.90. The molecule has 0 aliphatic heterocycles. The number of hydrogen-bond donors (Lipinski definition) is 1. The van der Waals surface area contributed by atoms with Crippen LogP contribution in [0.15, 0.2) is 28.7 Å². The van der Waals surface area contributed by atoms with E-state index >= 15 is 0 Å². The van der Waals surface area contributed by atoms with Crippen LogP contribution in [0.4, 0.5) is 0 Å². The molecule has 4 nitrogen and oxygen atoms in total. The van der Waals surface area contributed by atoms with Crippen LogP contribution < -0.4 is 4.74 Å². The number of carboxylic acids is 1. The first-order valence-corrected chi connectivity index (χ1v) is 5.77. The van der Waals surface area contributed by atoms with Crippen LogP contribution in [-0.2, 0) is 0 Å². The quantitative estimate of drug-likeness (QED) is 0.816. The average molecular weight is 236 g/mol. The molecule has 0 saturated heterocycles. The van der Waals surface area contributed by atoms with Gasteiger partial charge >= 0.3 is 5.97 Å². The SMILES string of the molecule is CC1CC=CCC1COc1ccc(C(=O)O)o1. The van der Waals surface area contributed by atoms with Crippen LogP contribution in [0.1, 0.15) is 30.3 Å². The van der Waals surface area contributed by atoms with Crippen molar-refractivity contribution in [3.63, 3.8) is 0 Å². The van der Waals surface area contributed by atoms with Gasteiger partial charge in [-0.3, -0.25) is 0 Å². The van der Waals surface area contributed by atoms with Gasteiger partial charge < -0.3 is 14.3 Å². The summed E-state index contributed by atoms with van der Waals surface area (Å²) >= 11 is 0. The molecule has 0 amide bonds. The number of allylic oxidation sites excluding steroid dienone is 2. The molecule has 0 radical (unpaired) electrons. The summed E-state index contributed by atoms with van der Waals surface area (Å²) in [6.45, 7) is 2.76. The van der Waals surface area contributed by atoms with Gasteiger partial charge in [-0.15, -0.1) is 0 Å². The van der Waals surface area contributed by atoms with Gasteiger partial charge in [0.25, 0.3) is 5.95 Å². The molecule has 0 bridgehead atoms. The molecule has 17 heavy (non-hydrogen) atoms. The predicted molar refractivity (Wildman–Crippen MR) is 62.2 cm³/mol. The zero-order valence-electron chi connectivity index (χ0n) is 9.76. The van der Waals surface area contributed by atoms with Crippen molar-refractivity contribution in [3.05, 3.63) is 30.0 Å². The van der Waals surface area contributed by atoms with Crippen molar-refractivity contribution in [3.8, 4) is 5.95 Å². The van der Waals surface area contributed by atoms with Crippen molar-refractivity contribution in [1.29, 1.82) is 0 Å². The largest absolute Gasteiger partial charge is 0.475 e. The number of ether oxygens (including phenoxy) is 1. The maximum absolute atomic E-state index is 10.6. The minimum atomic E-state index is -1.08. The van der Waals surface area contributed by atoms with E-state index in [-0.39, 0.29) is 11.7 Å². The second kappa shape index (κ2) is 5.08. The number of hydrogen-bond acceptors (Lipinski definition) is 3. The number of aromatic carboxylic acids is 1. The molecule has 92 valence electrons. The predicted octanol–water partition coefficient (Wildman–Crippen LogP) is 2.96. The fourth-order valence-electron chi connectivity index (χ4n) is 1.94. The topological polar surface area (TPSA) is 59.7 Å². The maximum Gasteiger partial charge on any atom is 0.371 e. The average Bonchev–Trinajstić information content (AvgIpc) is 2.77. The highest BCUT2D eigenvalue weighted by atomic mass is 16.6. The fourth-order valence-corrected chi connectivity index (χ4v) is 1.94. The van der Waals surface area contributed by atoms with Gasteiger partial charge in [0.05, 0.1) is 6.61 Å². The van der Waals surface area contributed by atoms with E-state index in [9.17, 15) is 4.79 Å². The third-order valence-corrected chi connectivity index (χ3v) is 3.15. The second-order valence-corrected chi connectivity index (χ2v) is 4.42. The molecule has 0 saturated carbocycles. The van der Waals surface area contributed by atoms with Gasteiger partial charge in [-0.1, -0.05) is 19.1 Å². The fraction of sp³-hybridized carbons (Fsp3) is 0.462. The van der Waals surface area contributed by atoms with E-state index in [1.165, 1.54) is 6.07 Å². The Morgan fingerprint density at radius 3 is 2.88 bits per heavy atom. The Kier molecular flexibility index (Phi) is 3.52. The minimum absolute atomic E-state index is 0.0865. The van der Waals surface area contributed by atoms with E-state index in [2.05, 4.69) is 19.1 Å². The van der Waals surface area contributed by atoms with Crippen molar-refractivity contribution >= 4 is 5.97 Å². The summed E-state index contributed by atoms with van der Waals surface area (Å²) in [5, 5.41) is 8.70. The molecule has 1 aromatic heterocycles. The van der Waals surface area contributed by atoms with Gasteiger partial charge in [0, 0.05) is 6.07 Å². The highest BCUT2D eigenvalue weighted by Gasteiger charge is 2.19. The first-order chi connectivity index (χ1) is 8.16. The van der Waals surface area contributed by atoms with Crippen LogP contribution >= 0.6 is 0 Å². The third-order valence-electron chi connectivity index (χ3n) is 3.15. The van der Waals surface area contributed by atoms with E-state index < -0.39 is 5.97 Å². The molecule has 0 spiro atoms. The lowest BCUT2D eigenvalue weighted by atomic mass is 9.85. The molecule has 1 aliphatic rings. The second-order valence-electron chi connectivity index (χ2n) is 4.42. The Labute approximate surface area is 99.9 Å². The lowest BCUT2D eigenvalue weighted by molar-refractivity contribution is 0.0649. The molecule has 1 N–H and O–H groups in total. The Morgan fingerprint density at radius 1 is 1.47 bits per heavy atom. The van der Waals surface area contributed by atoms with Gasteiger partial charge in [-0.05, 0) is 30.7 Å². The minimum Gasteiger partial charge on any atom is -0.475 e. The lowest BCUT2D eigenvalue weighted by Gasteiger charge is -2.24. The molecule has 1 aromatic rings. The highest BCUT2D eigenvalue weighted by molar-refractivity contribution is 5.84. The summed E-state index contributed by atoms with van der Waals surface area (Å²) < 4.78 is 10.5. The summed E-state index contributed by atoms with van der Waals surface area (Å²) in [6, 6.07) is 2.95. The standard InChI is InChI=1S/C13H16O4/c1-9-4-2-3-5-10(9)8-16-12-7-6-11(17-12)13(14)15/h2-3,6-7,9-10H,4-5,8H2,1H3,(H,14,15). The van der Waals surface area contributed by atoms with Crippen LogP contribution in [0.25, 0.3) is 0 Å². The Balaban J connectivity index is 1.88. The van der Waals surface area contributed by atoms with E-state index in [0.717, 1.165) is 12.8 Å². The Hall–Kier alpha value is -1.71. The molecule has 2 atom stereocenters.